The third-order valence-electron chi connectivity index (χ3n) is 6.84. The fourth-order valence-electron chi connectivity index (χ4n) is 5.03. The number of fused-ring (bicyclic) bond motifs is 2. The first-order valence-electron chi connectivity index (χ1n) is 11.6. The molecule has 5 nitrogen and oxygen atoms in total. The molecule has 1 saturated heterocycles. The summed E-state index contributed by atoms with van der Waals surface area (Å²) in [6.45, 7) is 5.59. The Balaban J connectivity index is 1.23. The highest BCUT2D eigenvalue weighted by Gasteiger charge is 2.31. The summed E-state index contributed by atoms with van der Waals surface area (Å²) in [4.78, 5) is 31.5. The number of carbonyl (C=O) groups is 2. The molecule has 5 rings (SSSR count). The molecular formula is C28H29N3O2. The average Bonchev–Trinajstić information content (AvgIpc) is 2.84. The molecule has 2 aliphatic rings. The Hall–Kier alpha value is -3.44. The molecule has 3 aromatic rings. The number of benzene rings is 3. The van der Waals surface area contributed by atoms with Crippen LogP contribution in [0, 0.1) is 0 Å². The molecule has 2 aliphatic heterocycles. The van der Waals surface area contributed by atoms with E-state index in [0.29, 0.717) is 19.5 Å². The van der Waals surface area contributed by atoms with Crippen molar-refractivity contribution in [3.8, 4) is 0 Å². The van der Waals surface area contributed by atoms with Crippen LogP contribution in [-0.2, 0) is 16.1 Å². The summed E-state index contributed by atoms with van der Waals surface area (Å²) in [5.74, 6) is 0.0691. The first-order chi connectivity index (χ1) is 16.1. The van der Waals surface area contributed by atoms with Gasteiger partial charge in [0.15, 0.2) is 0 Å². The second-order valence-electron chi connectivity index (χ2n) is 8.89. The van der Waals surface area contributed by atoms with E-state index in [4.69, 9.17) is 0 Å². The molecule has 0 aromatic heterocycles. The summed E-state index contributed by atoms with van der Waals surface area (Å²) in [5.41, 5.74) is 3.45. The van der Waals surface area contributed by atoms with Crippen molar-refractivity contribution < 1.29 is 9.59 Å². The number of hydrogen-bond donors (Lipinski definition) is 0. The number of rotatable bonds is 4. The normalized spacial score (nSPS) is 18.4. The van der Waals surface area contributed by atoms with Crippen molar-refractivity contribution in [2.24, 2.45) is 0 Å². The molecule has 0 spiro atoms. The Kier molecular flexibility index (Phi) is 5.97. The Morgan fingerprint density at radius 2 is 1.61 bits per heavy atom. The maximum atomic E-state index is 13.2. The molecule has 1 fully saturated rings. The highest BCUT2D eigenvalue weighted by Crippen LogP contribution is 2.33. The second-order valence-corrected chi connectivity index (χ2v) is 8.89. The van der Waals surface area contributed by atoms with E-state index < -0.39 is 0 Å². The minimum Gasteiger partial charge on any atom is -0.340 e. The van der Waals surface area contributed by atoms with E-state index in [9.17, 15) is 9.59 Å². The third kappa shape index (κ3) is 4.41. The highest BCUT2D eigenvalue weighted by molar-refractivity contribution is 5.85. The van der Waals surface area contributed by atoms with Gasteiger partial charge < -0.3 is 9.80 Å². The van der Waals surface area contributed by atoms with Crippen LogP contribution < -0.4 is 0 Å². The van der Waals surface area contributed by atoms with Crippen LogP contribution in [0.2, 0.25) is 0 Å². The van der Waals surface area contributed by atoms with Crippen LogP contribution >= 0.6 is 0 Å². The number of nitrogens with zero attached hydrogens (tertiary/aromatic N) is 3. The summed E-state index contributed by atoms with van der Waals surface area (Å²) in [5, 5.41) is 2.56. The molecule has 168 valence electrons. The molecule has 3 aromatic carbocycles. The second kappa shape index (κ2) is 9.20. The van der Waals surface area contributed by atoms with Crippen molar-refractivity contribution in [3.63, 3.8) is 0 Å². The average molecular weight is 440 g/mol. The van der Waals surface area contributed by atoms with Crippen LogP contribution in [0.25, 0.3) is 16.8 Å². The van der Waals surface area contributed by atoms with Gasteiger partial charge in [0.05, 0.1) is 12.5 Å². The van der Waals surface area contributed by atoms with Gasteiger partial charge in [-0.15, -0.1) is 0 Å². The van der Waals surface area contributed by atoms with Crippen molar-refractivity contribution >= 4 is 28.7 Å². The lowest BCUT2D eigenvalue weighted by Crippen LogP contribution is -2.49. The zero-order chi connectivity index (χ0) is 22.8. The zero-order valence-electron chi connectivity index (χ0n) is 19.0. The van der Waals surface area contributed by atoms with Gasteiger partial charge in [0, 0.05) is 45.8 Å². The van der Waals surface area contributed by atoms with Crippen LogP contribution in [0.5, 0.6) is 0 Å². The number of piperazine rings is 1. The predicted molar refractivity (Wildman–Crippen MR) is 131 cm³/mol. The minimum absolute atomic E-state index is 0.0431. The lowest BCUT2D eigenvalue weighted by Gasteiger charge is -2.37. The predicted octanol–water partition coefficient (Wildman–Crippen LogP) is 4.45. The van der Waals surface area contributed by atoms with E-state index in [2.05, 4.69) is 47.4 Å². The molecule has 0 radical (unpaired) electrons. The molecule has 1 atom stereocenters. The monoisotopic (exact) mass is 439 g/mol. The first-order valence-corrected chi connectivity index (χ1v) is 11.6. The first kappa shape index (κ1) is 21.4. The maximum Gasteiger partial charge on any atom is 0.225 e. The van der Waals surface area contributed by atoms with Crippen molar-refractivity contribution in [2.75, 3.05) is 26.2 Å². The summed E-state index contributed by atoms with van der Waals surface area (Å²) < 4.78 is 0. The van der Waals surface area contributed by atoms with E-state index in [-0.39, 0.29) is 17.9 Å². The maximum absolute atomic E-state index is 13.2. The van der Waals surface area contributed by atoms with Crippen molar-refractivity contribution in [2.45, 2.75) is 25.9 Å². The van der Waals surface area contributed by atoms with Crippen LogP contribution in [0.1, 0.15) is 36.1 Å². The van der Waals surface area contributed by atoms with E-state index in [0.717, 1.165) is 30.8 Å². The molecule has 0 aliphatic carbocycles. The number of hydrogen-bond acceptors (Lipinski definition) is 3. The smallest absolute Gasteiger partial charge is 0.225 e. The summed E-state index contributed by atoms with van der Waals surface area (Å²) in [6, 6.07) is 22.7. The molecule has 2 heterocycles. The molecule has 2 amide bonds. The van der Waals surface area contributed by atoms with Gasteiger partial charge in [-0.25, -0.2) is 0 Å². The molecule has 0 bridgehead atoms. The van der Waals surface area contributed by atoms with E-state index >= 15 is 0 Å². The lowest BCUT2D eigenvalue weighted by molar-refractivity contribution is -0.136. The van der Waals surface area contributed by atoms with Crippen molar-refractivity contribution in [1.82, 2.24) is 14.7 Å². The number of amides is 2. The molecule has 0 saturated carbocycles. The zero-order valence-corrected chi connectivity index (χ0v) is 19.0. The Morgan fingerprint density at radius 1 is 0.879 bits per heavy atom. The van der Waals surface area contributed by atoms with Crippen molar-refractivity contribution in [1.29, 1.82) is 0 Å². The Labute approximate surface area is 194 Å². The summed E-state index contributed by atoms with van der Waals surface area (Å²) >= 11 is 0. The summed E-state index contributed by atoms with van der Waals surface area (Å²) in [6.07, 6.45) is 4.07. The van der Waals surface area contributed by atoms with Gasteiger partial charge in [-0.2, -0.15) is 0 Å². The van der Waals surface area contributed by atoms with Gasteiger partial charge in [0.1, 0.15) is 0 Å². The Morgan fingerprint density at radius 3 is 2.42 bits per heavy atom. The van der Waals surface area contributed by atoms with Gasteiger partial charge in [-0.05, 0) is 33.5 Å². The quantitative estimate of drug-likeness (QED) is 0.603. The van der Waals surface area contributed by atoms with Crippen LogP contribution in [-0.4, -0.2) is 52.7 Å². The minimum atomic E-state index is -0.245. The number of carbonyl (C=O) groups excluding carboxylic acids is 2. The molecule has 5 heteroatoms. The van der Waals surface area contributed by atoms with Crippen LogP contribution in [0.3, 0.4) is 0 Å². The SMILES string of the molecule is CC(=O)N1C=Cc2ccccc2C1CC(=O)N1CCN(Cc2cccc3ccccc23)CC1. The van der Waals surface area contributed by atoms with Gasteiger partial charge in [0.25, 0.3) is 0 Å². The van der Waals surface area contributed by atoms with E-state index in [1.807, 2.05) is 41.4 Å². The Bertz CT molecular complexity index is 1210. The van der Waals surface area contributed by atoms with Gasteiger partial charge in [-0.3, -0.25) is 14.5 Å². The highest BCUT2D eigenvalue weighted by atomic mass is 16.2. The van der Waals surface area contributed by atoms with E-state index in [1.54, 1.807) is 11.8 Å². The van der Waals surface area contributed by atoms with E-state index in [1.165, 1.54) is 16.3 Å². The van der Waals surface area contributed by atoms with Crippen LogP contribution in [0.4, 0.5) is 0 Å². The molecule has 0 N–H and O–H groups in total. The largest absolute Gasteiger partial charge is 0.340 e. The fraction of sp³-hybridized carbons (Fsp3) is 0.286. The molecule has 33 heavy (non-hydrogen) atoms. The van der Waals surface area contributed by atoms with Gasteiger partial charge >= 0.3 is 0 Å². The third-order valence-corrected chi connectivity index (χ3v) is 6.84. The lowest BCUT2D eigenvalue weighted by atomic mass is 9.93. The van der Waals surface area contributed by atoms with Gasteiger partial charge in [0.2, 0.25) is 11.8 Å². The standard InChI is InChI=1S/C28H29N3O2/c1-21(32)31-14-13-23-8-3-5-12-26(23)27(31)19-28(33)30-17-15-29(16-18-30)20-24-10-6-9-22-7-2-4-11-25(22)24/h2-14,27H,15-20H2,1H3. The molecule has 1 unspecified atom stereocenters. The topological polar surface area (TPSA) is 43.9 Å². The fourth-order valence-corrected chi connectivity index (χ4v) is 5.03. The molecular weight excluding hydrogens is 410 g/mol. The summed E-state index contributed by atoms with van der Waals surface area (Å²) in [7, 11) is 0. The van der Waals surface area contributed by atoms with Crippen LogP contribution in [0.15, 0.2) is 72.9 Å². The van der Waals surface area contributed by atoms with Gasteiger partial charge in [-0.1, -0.05) is 66.7 Å². The van der Waals surface area contributed by atoms with Crippen molar-refractivity contribution in [3.05, 3.63) is 89.6 Å².